The zero-order chi connectivity index (χ0) is 12.1. The number of rotatable bonds is 3. The molecule has 2 N–H and O–H groups in total. The summed E-state index contributed by atoms with van der Waals surface area (Å²) < 4.78 is 5.47. The average molecular weight is 235 g/mol. The Bertz CT molecular complexity index is 372. The van der Waals surface area contributed by atoms with Gasteiger partial charge in [-0.2, -0.15) is 0 Å². The second-order valence-corrected chi connectivity index (χ2v) is 4.14. The van der Waals surface area contributed by atoms with E-state index >= 15 is 0 Å². The normalized spacial score (nSPS) is 19.9. The van der Waals surface area contributed by atoms with Crippen LogP contribution >= 0.6 is 0 Å². The van der Waals surface area contributed by atoms with E-state index in [-0.39, 0.29) is 12.0 Å². The lowest BCUT2D eigenvalue weighted by Crippen LogP contribution is -2.40. The van der Waals surface area contributed by atoms with Gasteiger partial charge in [-0.1, -0.05) is 0 Å². The summed E-state index contributed by atoms with van der Waals surface area (Å²) in [6, 6.07) is 3.72. The van der Waals surface area contributed by atoms with Crippen molar-refractivity contribution >= 4 is 11.6 Å². The molecule has 1 aliphatic rings. The molecule has 0 aliphatic carbocycles. The smallest absolute Gasteiger partial charge is 0.227 e. The van der Waals surface area contributed by atoms with E-state index in [2.05, 4.69) is 15.6 Å². The Morgan fingerprint density at radius 3 is 3.18 bits per heavy atom. The fourth-order valence-electron chi connectivity index (χ4n) is 1.71. The second-order valence-electron chi connectivity index (χ2n) is 4.14. The number of ether oxygens (including phenoxy) is 1. The van der Waals surface area contributed by atoms with E-state index in [9.17, 15) is 4.79 Å². The van der Waals surface area contributed by atoms with Gasteiger partial charge < -0.3 is 15.4 Å². The van der Waals surface area contributed by atoms with Gasteiger partial charge in [-0.25, -0.2) is 0 Å². The molecule has 17 heavy (non-hydrogen) atoms. The van der Waals surface area contributed by atoms with Gasteiger partial charge in [0.05, 0.1) is 31.0 Å². The van der Waals surface area contributed by atoms with Crippen molar-refractivity contribution in [1.29, 1.82) is 0 Å². The molecule has 1 aliphatic heterocycles. The first-order chi connectivity index (χ1) is 8.24. The largest absolute Gasteiger partial charge is 0.375 e. The summed E-state index contributed by atoms with van der Waals surface area (Å²) in [5.41, 5.74) is 1.66. The van der Waals surface area contributed by atoms with E-state index in [1.54, 1.807) is 6.20 Å². The minimum absolute atomic E-state index is 0.0258. The van der Waals surface area contributed by atoms with Gasteiger partial charge in [0.25, 0.3) is 0 Å². The number of aryl methyl sites for hydroxylation is 1. The van der Waals surface area contributed by atoms with Crippen molar-refractivity contribution < 1.29 is 9.53 Å². The van der Waals surface area contributed by atoms with Crippen molar-refractivity contribution in [3.8, 4) is 0 Å². The van der Waals surface area contributed by atoms with E-state index in [0.29, 0.717) is 13.0 Å². The highest BCUT2D eigenvalue weighted by Gasteiger charge is 2.17. The molecule has 1 unspecified atom stereocenters. The molecule has 5 heteroatoms. The van der Waals surface area contributed by atoms with Crippen molar-refractivity contribution in [3.05, 3.63) is 24.0 Å². The number of hydrogen-bond donors (Lipinski definition) is 2. The molecule has 0 spiro atoms. The van der Waals surface area contributed by atoms with Crippen molar-refractivity contribution in [3.63, 3.8) is 0 Å². The molecule has 92 valence electrons. The molecule has 1 amide bonds. The molecule has 1 atom stereocenters. The number of anilines is 1. The third-order valence-corrected chi connectivity index (χ3v) is 2.61. The Kier molecular flexibility index (Phi) is 4.06. The van der Waals surface area contributed by atoms with Gasteiger partial charge in [0.1, 0.15) is 0 Å². The number of nitrogens with zero attached hydrogens (tertiary/aromatic N) is 1. The fourth-order valence-corrected chi connectivity index (χ4v) is 1.71. The van der Waals surface area contributed by atoms with E-state index in [4.69, 9.17) is 4.74 Å². The summed E-state index contributed by atoms with van der Waals surface area (Å²) >= 11 is 0. The fraction of sp³-hybridized carbons (Fsp3) is 0.500. The molecule has 0 aromatic carbocycles. The van der Waals surface area contributed by atoms with Crippen LogP contribution in [0.2, 0.25) is 0 Å². The van der Waals surface area contributed by atoms with Crippen molar-refractivity contribution in [2.75, 3.05) is 25.0 Å². The van der Waals surface area contributed by atoms with Gasteiger partial charge in [0.15, 0.2) is 0 Å². The monoisotopic (exact) mass is 235 g/mol. The Morgan fingerprint density at radius 1 is 1.65 bits per heavy atom. The molecule has 1 aromatic heterocycles. The first kappa shape index (κ1) is 12.0. The number of aromatic nitrogens is 1. The summed E-state index contributed by atoms with van der Waals surface area (Å²) in [7, 11) is 0. The van der Waals surface area contributed by atoms with Crippen LogP contribution in [0.5, 0.6) is 0 Å². The van der Waals surface area contributed by atoms with Crippen LogP contribution in [0.3, 0.4) is 0 Å². The van der Waals surface area contributed by atoms with Gasteiger partial charge in [-0.15, -0.1) is 0 Å². The van der Waals surface area contributed by atoms with E-state index in [0.717, 1.165) is 24.5 Å². The molecule has 0 bridgehead atoms. The van der Waals surface area contributed by atoms with E-state index < -0.39 is 0 Å². The standard InChI is InChI=1S/C12H17N3O2/c1-9-2-3-10(7-14-9)15-12(16)6-11-8-13-4-5-17-11/h2-3,7,11,13H,4-6,8H2,1H3,(H,15,16). The van der Waals surface area contributed by atoms with Gasteiger partial charge >= 0.3 is 0 Å². The van der Waals surface area contributed by atoms with Crippen molar-refractivity contribution in [2.24, 2.45) is 0 Å². The molecule has 1 aromatic rings. The van der Waals surface area contributed by atoms with Crippen LogP contribution in [0, 0.1) is 6.92 Å². The van der Waals surface area contributed by atoms with Gasteiger partial charge in [-0.3, -0.25) is 9.78 Å². The molecule has 5 nitrogen and oxygen atoms in total. The quantitative estimate of drug-likeness (QED) is 0.810. The maximum Gasteiger partial charge on any atom is 0.227 e. The third kappa shape index (κ3) is 3.80. The summed E-state index contributed by atoms with van der Waals surface area (Å²) in [5.74, 6) is -0.0376. The topological polar surface area (TPSA) is 63.2 Å². The highest BCUT2D eigenvalue weighted by atomic mass is 16.5. The first-order valence-corrected chi connectivity index (χ1v) is 5.79. The van der Waals surface area contributed by atoms with Crippen molar-refractivity contribution in [1.82, 2.24) is 10.3 Å². The Balaban J connectivity index is 1.82. The highest BCUT2D eigenvalue weighted by Crippen LogP contribution is 2.08. The van der Waals surface area contributed by atoms with Crippen LogP contribution in [-0.4, -0.2) is 36.7 Å². The SMILES string of the molecule is Cc1ccc(NC(=O)CC2CNCCO2)cn1. The Morgan fingerprint density at radius 2 is 2.53 bits per heavy atom. The summed E-state index contributed by atoms with van der Waals surface area (Å²) in [6.07, 6.45) is 2.01. The summed E-state index contributed by atoms with van der Waals surface area (Å²) in [4.78, 5) is 15.8. The van der Waals surface area contributed by atoms with Gasteiger partial charge in [0.2, 0.25) is 5.91 Å². The van der Waals surface area contributed by atoms with Crippen molar-refractivity contribution in [2.45, 2.75) is 19.4 Å². The number of amides is 1. The number of carbonyl (C=O) groups excluding carboxylic acids is 1. The minimum atomic E-state index is -0.0376. The Labute approximate surface area is 101 Å². The summed E-state index contributed by atoms with van der Waals surface area (Å²) in [5, 5.41) is 6.00. The van der Waals surface area contributed by atoms with Crippen LogP contribution in [0.1, 0.15) is 12.1 Å². The van der Waals surface area contributed by atoms with E-state index in [1.165, 1.54) is 0 Å². The zero-order valence-corrected chi connectivity index (χ0v) is 9.90. The van der Waals surface area contributed by atoms with Gasteiger partial charge in [0, 0.05) is 18.8 Å². The minimum Gasteiger partial charge on any atom is -0.375 e. The number of carbonyl (C=O) groups is 1. The molecule has 2 rings (SSSR count). The number of pyridine rings is 1. The third-order valence-electron chi connectivity index (χ3n) is 2.61. The zero-order valence-electron chi connectivity index (χ0n) is 9.90. The Hall–Kier alpha value is -1.46. The van der Waals surface area contributed by atoms with Crippen LogP contribution in [0.15, 0.2) is 18.3 Å². The maximum absolute atomic E-state index is 11.7. The molecule has 1 fully saturated rings. The molecule has 0 radical (unpaired) electrons. The molecular formula is C12H17N3O2. The molecular weight excluding hydrogens is 218 g/mol. The van der Waals surface area contributed by atoms with Crippen LogP contribution in [0.25, 0.3) is 0 Å². The summed E-state index contributed by atoms with van der Waals surface area (Å²) in [6.45, 7) is 4.18. The second kappa shape index (κ2) is 5.75. The van der Waals surface area contributed by atoms with Gasteiger partial charge in [-0.05, 0) is 19.1 Å². The van der Waals surface area contributed by atoms with E-state index in [1.807, 2.05) is 19.1 Å². The maximum atomic E-state index is 11.7. The number of hydrogen-bond acceptors (Lipinski definition) is 4. The number of morpholine rings is 1. The molecule has 2 heterocycles. The lowest BCUT2D eigenvalue weighted by atomic mass is 10.2. The number of nitrogens with one attached hydrogen (secondary N) is 2. The highest BCUT2D eigenvalue weighted by molar-refractivity contribution is 5.90. The predicted octanol–water partition coefficient (Wildman–Crippen LogP) is 0.707. The lowest BCUT2D eigenvalue weighted by Gasteiger charge is -2.22. The first-order valence-electron chi connectivity index (χ1n) is 5.79. The molecule has 1 saturated heterocycles. The van der Waals surface area contributed by atoms with Crippen LogP contribution < -0.4 is 10.6 Å². The predicted molar refractivity (Wildman–Crippen MR) is 64.8 cm³/mol. The van der Waals surface area contributed by atoms with Crippen LogP contribution in [0.4, 0.5) is 5.69 Å². The average Bonchev–Trinajstić information content (AvgIpc) is 2.33. The van der Waals surface area contributed by atoms with Crippen LogP contribution in [-0.2, 0) is 9.53 Å². The lowest BCUT2D eigenvalue weighted by molar-refractivity contribution is -0.119. The molecule has 0 saturated carbocycles.